The molecule has 4 heterocycles. The lowest BCUT2D eigenvalue weighted by molar-refractivity contribution is 0.0741. The minimum absolute atomic E-state index is 0.157. The summed E-state index contributed by atoms with van der Waals surface area (Å²) in [6.45, 7) is 3.42. The number of hydrogen-bond donors (Lipinski definition) is 1. The maximum atomic E-state index is 12.7. The topological polar surface area (TPSA) is 102 Å². The van der Waals surface area contributed by atoms with Crippen molar-refractivity contribution in [3.8, 4) is 0 Å². The Morgan fingerprint density at radius 2 is 1.67 bits per heavy atom. The molecule has 0 saturated carbocycles. The van der Waals surface area contributed by atoms with E-state index in [1.807, 2.05) is 4.90 Å². The van der Waals surface area contributed by atoms with E-state index in [0.717, 1.165) is 12.8 Å². The second-order valence-electron chi connectivity index (χ2n) is 6.69. The van der Waals surface area contributed by atoms with Crippen LogP contribution in [0.3, 0.4) is 0 Å². The van der Waals surface area contributed by atoms with Gasteiger partial charge in [-0.25, -0.2) is 18.4 Å². The summed E-state index contributed by atoms with van der Waals surface area (Å²) in [5.74, 6) is 0.468. The van der Waals surface area contributed by atoms with Crippen LogP contribution in [0.15, 0.2) is 35.6 Å². The van der Waals surface area contributed by atoms with Gasteiger partial charge in [0.05, 0.1) is 0 Å². The average molecular weight is 390 g/mol. The van der Waals surface area contributed by atoms with Crippen molar-refractivity contribution in [3.63, 3.8) is 0 Å². The minimum atomic E-state index is -3.52. The summed E-state index contributed by atoms with van der Waals surface area (Å²) in [6, 6.07) is 3.21. The normalized spacial score (nSPS) is 18.8. The van der Waals surface area contributed by atoms with Gasteiger partial charge in [-0.2, -0.15) is 4.31 Å². The third-order valence-electron chi connectivity index (χ3n) is 4.99. The number of hydrogen-bond acceptors (Lipinski definition) is 6. The summed E-state index contributed by atoms with van der Waals surface area (Å²) in [5.41, 5.74) is 0.303. The van der Waals surface area contributed by atoms with Gasteiger partial charge in [-0.15, -0.1) is 0 Å². The molecule has 0 spiro atoms. The molecule has 2 saturated heterocycles. The van der Waals surface area contributed by atoms with E-state index in [1.54, 1.807) is 23.4 Å². The van der Waals surface area contributed by atoms with Crippen molar-refractivity contribution in [3.05, 3.63) is 36.4 Å². The predicted molar refractivity (Wildman–Crippen MR) is 98.9 cm³/mol. The summed E-state index contributed by atoms with van der Waals surface area (Å²) >= 11 is 0. The van der Waals surface area contributed by atoms with Crippen LogP contribution in [0.5, 0.6) is 0 Å². The van der Waals surface area contributed by atoms with E-state index >= 15 is 0 Å². The lowest BCUT2D eigenvalue weighted by Gasteiger charge is -2.34. The fourth-order valence-electron chi connectivity index (χ4n) is 3.46. The van der Waals surface area contributed by atoms with E-state index in [2.05, 4.69) is 15.0 Å². The molecule has 27 heavy (non-hydrogen) atoms. The van der Waals surface area contributed by atoms with E-state index in [9.17, 15) is 13.2 Å². The Bertz CT molecular complexity index is 900. The highest BCUT2D eigenvalue weighted by atomic mass is 32.2. The molecule has 4 rings (SSSR count). The number of carbonyl (C=O) groups is 1. The van der Waals surface area contributed by atoms with E-state index < -0.39 is 10.0 Å². The second kappa shape index (κ2) is 7.28. The molecule has 2 aliphatic heterocycles. The molecule has 10 heteroatoms. The number of anilines is 1. The average Bonchev–Trinajstić information content (AvgIpc) is 3.41. The summed E-state index contributed by atoms with van der Waals surface area (Å²) in [4.78, 5) is 28.0. The Hall–Kier alpha value is -2.46. The maximum absolute atomic E-state index is 12.7. The number of amides is 1. The van der Waals surface area contributed by atoms with Crippen LogP contribution in [-0.4, -0.2) is 77.8 Å². The molecule has 0 radical (unpaired) electrons. The SMILES string of the molecule is O=C(c1cc(S(=O)(=O)N2CCCC2)c[nH]1)N1CCN(c2ncccn2)CC1. The molecule has 9 nitrogen and oxygen atoms in total. The highest BCUT2D eigenvalue weighted by Gasteiger charge is 2.30. The van der Waals surface area contributed by atoms with E-state index in [1.165, 1.54) is 16.6 Å². The van der Waals surface area contributed by atoms with Crippen molar-refractivity contribution in [1.82, 2.24) is 24.2 Å². The first-order valence-corrected chi connectivity index (χ1v) is 10.5. The number of aromatic amines is 1. The van der Waals surface area contributed by atoms with Crippen molar-refractivity contribution >= 4 is 21.9 Å². The van der Waals surface area contributed by atoms with Crippen LogP contribution < -0.4 is 4.90 Å². The molecule has 2 fully saturated rings. The predicted octanol–water partition coefficient (Wildman–Crippen LogP) is 0.552. The molecule has 2 aliphatic rings. The number of sulfonamides is 1. The molecule has 0 unspecified atom stereocenters. The largest absolute Gasteiger partial charge is 0.356 e. The van der Waals surface area contributed by atoms with Crippen molar-refractivity contribution in [2.45, 2.75) is 17.7 Å². The van der Waals surface area contributed by atoms with Crippen LogP contribution >= 0.6 is 0 Å². The van der Waals surface area contributed by atoms with Crippen LogP contribution in [0.1, 0.15) is 23.3 Å². The van der Waals surface area contributed by atoms with Gasteiger partial charge in [0, 0.05) is 57.9 Å². The Morgan fingerprint density at radius 3 is 2.33 bits per heavy atom. The van der Waals surface area contributed by atoms with Crippen molar-refractivity contribution in [2.75, 3.05) is 44.2 Å². The number of rotatable bonds is 4. The monoisotopic (exact) mass is 390 g/mol. The molecule has 0 aromatic carbocycles. The van der Waals surface area contributed by atoms with Gasteiger partial charge in [-0.3, -0.25) is 4.79 Å². The van der Waals surface area contributed by atoms with Gasteiger partial charge < -0.3 is 14.8 Å². The third kappa shape index (κ3) is 3.54. The Labute approximate surface area is 158 Å². The summed E-state index contributed by atoms with van der Waals surface area (Å²) in [5, 5.41) is 0. The van der Waals surface area contributed by atoms with Crippen LogP contribution in [0.2, 0.25) is 0 Å². The molecule has 0 atom stereocenters. The zero-order chi connectivity index (χ0) is 18.9. The first-order chi connectivity index (χ1) is 13.1. The smallest absolute Gasteiger partial charge is 0.270 e. The summed E-state index contributed by atoms with van der Waals surface area (Å²) < 4.78 is 26.7. The van der Waals surface area contributed by atoms with Gasteiger partial charge in [-0.1, -0.05) is 0 Å². The molecule has 2 aromatic heterocycles. The van der Waals surface area contributed by atoms with Crippen LogP contribution in [-0.2, 0) is 10.0 Å². The number of carbonyl (C=O) groups excluding carboxylic acids is 1. The highest BCUT2D eigenvalue weighted by molar-refractivity contribution is 7.89. The maximum Gasteiger partial charge on any atom is 0.270 e. The number of piperazine rings is 1. The van der Waals surface area contributed by atoms with Gasteiger partial charge in [0.15, 0.2) is 0 Å². The number of aromatic nitrogens is 3. The quantitative estimate of drug-likeness (QED) is 0.818. The van der Waals surface area contributed by atoms with Crippen molar-refractivity contribution < 1.29 is 13.2 Å². The Balaban J connectivity index is 1.42. The van der Waals surface area contributed by atoms with Gasteiger partial charge in [0.25, 0.3) is 5.91 Å². The third-order valence-corrected chi connectivity index (χ3v) is 6.87. The van der Waals surface area contributed by atoms with Crippen LogP contribution in [0.25, 0.3) is 0 Å². The van der Waals surface area contributed by atoms with Gasteiger partial charge >= 0.3 is 0 Å². The molecular weight excluding hydrogens is 368 g/mol. The first kappa shape index (κ1) is 17.9. The van der Waals surface area contributed by atoms with Gasteiger partial charge in [-0.05, 0) is 25.0 Å². The van der Waals surface area contributed by atoms with Gasteiger partial charge in [0.1, 0.15) is 10.6 Å². The molecule has 144 valence electrons. The summed E-state index contributed by atoms with van der Waals surface area (Å²) in [6.07, 6.45) is 6.56. The highest BCUT2D eigenvalue weighted by Crippen LogP contribution is 2.22. The Morgan fingerprint density at radius 1 is 1.00 bits per heavy atom. The fourth-order valence-corrected chi connectivity index (χ4v) is 4.97. The standard InChI is InChI=1S/C17H22N6O3S/c24-16(21-8-10-22(11-9-21)17-18-4-3-5-19-17)15-12-14(13-20-15)27(25,26)23-6-1-2-7-23/h3-5,12-13,20H,1-2,6-11H2. The Kier molecular flexibility index (Phi) is 4.83. The lowest BCUT2D eigenvalue weighted by atomic mass is 10.3. The number of nitrogens with one attached hydrogen (secondary N) is 1. The van der Waals surface area contributed by atoms with E-state index in [0.29, 0.717) is 50.9 Å². The van der Waals surface area contributed by atoms with Crippen molar-refractivity contribution in [1.29, 1.82) is 0 Å². The zero-order valence-corrected chi connectivity index (χ0v) is 15.7. The first-order valence-electron chi connectivity index (χ1n) is 9.05. The summed E-state index contributed by atoms with van der Waals surface area (Å²) in [7, 11) is -3.52. The molecular formula is C17H22N6O3S. The lowest BCUT2D eigenvalue weighted by Crippen LogP contribution is -2.49. The minimum Gasteiger partial charge on any atom is -0.356 e. The van der Waals surface area contributed by atoms with Crippen molar-refractivity contribution in [2.24, 2.45) is 0 Å². The molecule has 0 aliphatic carbocycles. The van der Waals surface area contributed by atoms with E-state index in [4.69, 9.17) is 0 Å². The molecule has 2 aromatic rings. The zero-order valence-electron chi connectivity index (χ0n) is 14.9. The number of H-pyrrole nitrogens is 1. The van der Waals surface area contributed by atoms with Crippen LogP contribution in [0.4, 0.5) is 5.95 Å². The van der Waals surface area contributed by atoms with Crippen LogP contribution in [0, 0.1) is 0 Å². The number of nitrogens with zero attached hydrogens (tertiary/aromatic N) is 5. The molecule has 1 amide bonds. The molecule has 0 bridgehead atoms. The molecule has 1 N–H and O–H groups in total. The van der Waals surface area contributed by atoms with Gasteiger partial charge in [0.2, 0.25) is 16.0 Å². The fraction of sp³-hybridized carbons (Fsp3) is 0.471. The second-order valence-corrected chi connectivity index (χ2v) is 8.63. The van der Waals surface area contributed by atoms with E-state index in [-0.39, 0.29) is 10.8 Å².